The minimum atomic E-state index is -0.941. The molecule has 0 unspecified atom stereocenters. The Morgan fingerprint density at radius 1 is 1.33 bits per heavy atom. The van der Waals surface area contributed by atoms with Crippen LogP contribution in [0, 0.1) is 0 Å². The van der Waals surface area contributed by atoms with Gasteiger partial charge in [-0.2, -0.15) is 0 Å². The molecule has 2 aromatic heterocycles. The Hall–Kier alpha value is -2.41. The second-order valence-corrected chi connectivity index (χ2v) is 5.24. The van der Waals surface area contributed by atoms with Crippen LogP contribution < -0.4 is 5.32 Å². The van der Waals surface area contributed by atoms with Gasteiger partial charge in [0.05, 0.1) is 30.2 Å². The van der Waals surface area contributed by atoms with E-state index in [1.807, 2.05) is 16.7 Å². The first-order chi connectivity index (χ1) is 10.1. The molecule has 0 aliphatic heterocycles. The molecule has 2 N–H and O–H groups in total. The third-order valence-electron chi connectivity index (χ3n) is 3.02. The van der Waals surface area contributed by atoms with Gasteiger partial charge in [0.1, 0.15) is 4.60 Å². The molecule has 0 fully saturated rings. The van der Waals surface area contributed by atoms with Crippen molar-refractivity contribution in [2.45, 2.75) is 6.54 Å². The number of aromatic carboxylic acids is 1. The van der Waals surface area contributed by atoms with Crippen molar-refractivity contribution in [2.24, 2.45) is 0 Å². The molecule has 1 aromatic carbocycles. The molecule has 21 heavy (non-hydrogen) atoms. The number of nitrogens with one attached hydrogen (secondary N) is 1. The fraction of sp³-hybridized carbons (Fsp3) is 0.0714. The number of carboxylic acids is 1. The third-order valence-corrected chi connectivity index (χ3v) is 3.43. The maximum Gasteiger partial charge on any atom is 0.335 e. The summed E-state index contributed by atoms with van der Waals surface area (Å²) in [5.41, 5.74) is 2.71. The van der Waals surface area contributed by atoms with Crippen LogP contribution in [0.1, 0.15) is 16.1 Å². The number of hydrogen-bond acceptors (Lipinski definition) is 4. The van der Waals surface area contributed by atoms with E-state index in [-0.39, 0.29) is 5.56 Å². The quantitative estimate of drug-likeness (QED) is 0.759. The van der Waals surface area contributed by atoms with Crippen LogP contribution in [0.25, 0.3) is 5.65 Å². The summed E-state index contributed by atoms with van der Waals surface area (Å²) < 4.78 is 2.65. The minimum Gasteiger partial charge on any atom is -0.478 e. The predicted molar refractivity (Wildman–Crippen MR) is 81.4 cm³/mol. The molecule has 3 aromatic rings. The molecule has 6 nitrogen and oxygen atoms in total. The number of nitrogens with zero attached hydrogens (tertiary/aromatic N) is 3. The molecule has 7 heteroatoms. The van der Waals surface area contributed by atoms with E-state index >= 15 is 0 Å². The van der Waals surface area contributed by atoms with Crippen molar-refractivity contribution in [3.8, 4) is 0 Å². The van der Waals surface area contributed by atoms with Gasteiger partial charge in [-0.3, -0.25) is 4.40 Å². The summed E-state index contributed by atoms with van der Waals surface area (Å²) in [6, 6.07) is 6.70. The van der Waals surface area contributed by atoms with Crippen molar-refractivity contribution in [3.05, 3.63) is 58.7 Å². The Labute approximate surface area is 128 Å². The maximum absolute atomic E-state index is 10.9. The Bertz CT molecular complexity index is 816. The van der Waals surface area contributed by atoms with Gasteiger partial charge in [-0.05, 0) is 34.1 Å². The van der Waals surface area contributed by atoms with Crippen LogP contribution in [0.3, 0.4) is 0 Å². The number of benzene rings is 1. The molecular weight excluding hydrogens is 336 g/mol. The van der Waals surface area contributed by atoms with Gasteiger partial charge in [0, 0.05) is 11.9 Å². The van der Waals surface area contributed by atoms with Gasteiger partial charge in [0.2, 0.25) is 0 Å². The zero-order valence-electron chi connectivity index (χ0n) is 10.8. The molecule has 0 radical (unpaired) electrons. The van der Waals surface area contributed by atoms with Crippen molar-refractivity contribution >= 4 is 33.2 Å². The summed E-state index contributed by atoms with van der Waals surface area (Å²) in [4.78, 5) is 19.3. The number of aromatic nitrogens is 3. The van der Waals surface area contributed by atoms with E-state index in [1.165, 1.54) is 0 Å². The first kappa shape index (κ1) is 13.6. The molecule has 2 heterocycles. The summed E-state index contributed by atoms with van der Waals surface area (Å²) in [5, 5.41) is 12.2. The van der Waals surface area contributed by atoms with Crippen molar-refractivity contribution in [2.75, 3.05) is 5.32 Å². The zero-order chi connectivity index (χ0) is 14.8. The van der Waals surface area contributed by atoms with Crippen LogP contribution in [-0.4, -0.2) is 25.4 Å². The topological polar surface area (TPSA) is 79.5 Å². The van der Waals surface area contributed by atoms with E-state index in [0.29, 0.717) is 6.54 Å². The van der Waals surface area contributed by atoms with Gasteiger partial charge in [-0.1, -0.05) is 6.07 Å². The summed E-state index contributed by atoms with van der Waals surface area (Å²) in [6.45, 7) is 0.528. The van der Waals surface area contributed by atoms with Crippen molar-refractivity contribution in [1.29, 1.82) is 0 Å². The standard InChI is InChI=1S/C14H11BrN4O2/c15-12-8-19-11(6-18-13(19)7-17-12)5-16-10-3-1-2-9(4-10)14(20)21/h1-4,6-8,16H,5H2,(H,20,21). The number of carbonyl (C=O) groups is 1. The highest BCUT2D eigenvalue weighted by atomic mass is 79.9. The SMILES string of the molecule is O=C(O)c1cccc(NCc2cnc3cnc(Br)cn23)c1. The Morgan fingerprint density at radius 3 is 3.00 bits per heavy atom. The van der Waals surface area contributed by atoms with Crippen molar-refractivity contribution in [1.82, 2.24) is 14.4 Å². The lowest BCUT2D eigenvalue weighted by Gasteiger charge is -2.07. The number of imidazole rings is 1. The lowest BCUT2D eigenvalue weighted by Crippen LogP contribution is -2.04. The maximum atomic E-state index is 10.9. The molecule has 0 amide bonds. The minimum absolute atomic E-state index is 0.255. The first-order valence-corrected chi connectivity index (χ1v) is 6.97. The number of carboxylic acid groups (broad SMARTS) is 1. The summed E-state index contributed by atoms with van der Waals surface area (Å²) in [5.74, 6) is -0.941. The number of rotatable bonds is 4. The highest BCUT2D eigenvalue weighted by Gasteiger charge is 2.06. The highest BCUT2D eigenvalue weighted by Crippen LogP contribution is 2.14. The van der Waals surface area contributed by atoms with Crippen LogP contribution in [0.15, 0.2) is 47.5 Å². The lowest BCUT2D eigenvalue weighted by molar-refractivity contribution is 0.0697. The second kappa shape index (κ2) is 5.53. The van der Waals surface area contributed by atoms with E-state index in [1.54, 1.807) is 30.6 Å². The molecular formula is C14H11BrN4O2. The molecule has 0 spiro atoms. The second-order valence-electron chi connectivity index (χ2n) is 4.43. The van der Waals surface area contributed by atoms with Crippen LogP contribution in [0.2, 0.25) is 0 Å². The van der Waals surface area contributed by atoms with Gasteiger partial charge < -0.3 is 10.4 Å². The monoisotopic (exact) mass is 346 g/mol. The Morgan fingerprint density at radius 2 is 2.19 bits per heavy atom. The lowest BCUT2D eigenvalue weighted by atomic mass is 10.2. The first-order valence-electron chi connectivity index (χ1n) is 6.18. The van der Waals surface area contributed by atoms with Gasteiger partial charge in [0.15, 0.2) is 5.65 Å². The average molecular weight is 347 g/mol. The molecule has 0 saturated carbocycles. The summed E-state index contributed by atoms with van der Waals surface area (Å²) in [6.07, 6.45) is 5.28. The van der Waals surface area contributed by atoms with E-state index < -0.39 is 5.97 Å². The number of hydrogen-bond donors (Lipinski definition) is 2. The average Bonchev–Trinajstić information content (AvgIpc) is 2.87. The zero-order valence-corrected chi connectivity index (χ0v) is 12.4. The van der Waals surface area contributed by atoms with Crippen LogP contribution in [0.4, 0.5) is 5.69 Å². The molecule has 3 rings (SSSR count). The van der Waals surface area contributed by atoms with Crippen molar-refractivity contribution < 1.29 is 9.90 Å². The predicted octanol–water partition coefficient (Wildman–Crippen LogP) is 2.80. The highest BCUT2D eigenvalue weighted by molar-refractivity contribution is 9.10. The van der Waals surface area contributed by atoms with Gasteiger partial charge in [0.25, 0.3) is 0 Å². The largest absolute Gasteiger partial charge is 0.478 e. The van der Waals surface area contributed by atoms with Gasteiger partial charge >= 0.3 is 5.97 Å². The normalized spacial score (nSPS) is 10.7. The Kier molecular flexibility index (Phi) is 3.57. The fourth-order valence-electron chi connectivity index (χ4n) is 2.00. The molecule has 0 aliphatic carbocycles. The van der Waals surface area contributed by atoms with Crippen molar-refractivity contribution in [3.63, 3.8) is 0 Å². The van der Waals surface area contributed by atoms with E-state index in [2.05, 4.69) is 31.2 Å². The summed E-state index contributed by atoms with van der Waals surface area (Å²) in [7, 11) is 0. The third kappa shape index (κ3) is 2.87. The number of anilines is 1. The molecule has 0 aliphatic rings. The molecule has 0 saturated heterocycles. The molecule has 0 bridgehead atoms. The van der Waals surface area contributed by atoms with Crippen LogP contribution in [-0.2, 0) is 6.54 Å². The van der Waals surface area contributed by atoms with Gasteiger partial charge in [-0.15, -0.1) is 0 Å². The fourth-order valence-corrected chi connectivity index (χ4v) is 2.31. The van der Waals surface area contributed by atoms with E-state index in [0.717, 1.165) is 21.6 Å². The van der Waals surface area contributed by atoms with Crippen LogP contribution in [0.5, 0.6) is 0 Å². The smallest absolute Gasteiger partial charge is 0.335 e. The number of halogens is 1. The number of fused-ring (bicyclic) bond motifs is 1. The molecule has 0 atom stereocenters. The summed E-state index contributed by atoms with van der Waals surface area (Å²) >= 11 is 3.33. The van der Waals surface area contributed by atoms with E-state index in [9.17, 15) is 4.79 Å². The Balaban J connectivity index is 1.82. The van der Waals surface area contributed by atoms with Gasteiger partial charge in [-0.25, -0.2) is 14.8 Å². The molecule has 106 valence electrons. The van der Waals surface area contributed by atoms with E-state index in [4.69, 9.17) is 5.11 Å². The van der Waals surface area contributed by atoms with Crippen LogP contribution >= 0.6 is 15.9 Å².